The van der Waals surface area contributed by atoms with Crippen LogP contribution in [0.5, 0.6) is 0 Å². The lowest BCUT2D eigenvalue weighted by molar-refractivity contribution is 0.0151. The van der Waals surface area contributed by atoms with Crippen LogP contribution in [-0.4, -0.2) is 27.4 Å². The van der Waals surface area contributed by atoms with Crippen LogP contribution < -0.4 is 0 Å². The van der Waals surface area contributed by atoms with E-state index < -0.39 is 0 Å². The van der Waals surface area contributed by atoms with E-state index in [0.29, 0.717) is 0 Å². The summed E-state index contributed by atoms with van der Waals surface area (Å²) in [5, 5.41) is 0. The second kappa shape index (κ2) is 9.90. The Hall–Kier alpha value is -0.0800. The highest BCUT2D eigenvalue weighted by atomic mass is 16.5. The highest BCUT2D eigenvalue weighted by Crippen LogP contribution is 2.25. The molecule has 0 aromatic carbocycles. The van der Waals surface area contributed by atoms with Gasteiger partial charge in [0.25, 0.3) is 0 Å². The second-order valence-corrected chi connectivity index (χ2v) is 6.02. The summed E-state index contributed by atoms with van der Waals surface area (Å²) in [6, 6.07) is 0. The molecule has 0 N–H and O–H groups in total. The Morgan fingerprint density at radius 3 is 1.88 bits per heavy atom. The van der Waals surface area contributed by atoms with Crippen molar-refractivity contribution >= 4 is 0 Å². The zero-order chi connectivity index (χ0) is 13.1. The first-order valence-electron chi connectivity index (χ1n) is 7.02. The molecule has 0 aromatic heterocycles. The van der Waals surface area contributed by atoms with Crippen molar-refractivity contribution < 1.29 is 9.47 Å². The maximum absolute atomic E-state index is 5.29. The van der Waals surface area contributed by atoms with Crippen LogP contribution in [-0.2, 0) is 9.47 Å². The molecule has 0 atom stereocenters. The third-order valence-electron chi connectivity index (χ3n) is 3.30. The maximum atomic E-state index is 5.29. The normalized spacial score (nSPS) is 12.4. The molecule has 0 saturated carbocycles. The van der Waals surface area contributed by atoms with Crippen LogP contribution in [0.1, 0.15) is 59.3 Å². The highest BCUT2D eigenvalue weighted by Gasteiger charge is 2.23. The number of hydrogen-bond acceptors (Lipinski definition) is 2. The second-order valence-electron chi connectivity index (χ2n) is 6.02. The SMILES string of the molecule is COCC(C)(CCCCCCC(C)C)COC. The Morgan fingerprint density at radius 2 is 1.41 bits per heavy atom. The molecule has 2 heteroatoms. The molecule has 2 nitrogen and oxygen atoms in total. The zero-order valence-electron chi connectivity index (χ0n) is 12.6. The molecule has 0 aromatic rings. The van der Waals surface area contributed by atoms with Gasteiger partial charge in [0.2, 0.25) is 0 Å². The quantitative estimate of drug-likeness (QED) is 0.505. The predicted molar refractivity (Wildman–Crippen MR) is 74.4 cm³/mol. The predicted octanol–water partition coefficient (Wildman–Crippen LogP) is 4.28. The van der Waals surface area contributed by atoms with Crippen molar-refractivity contribution in [3.05, 3.63) is 0 Å². The van der Waals surface area contributed by atoms with Crippen molar-refractivity contribution in [1.29, 1.82) is 0 Å². The standard InChI is InChI=1S/C15H32O2/c1-14(2)10-8-6-7-9-11-15(3,12-16-4)13-17-5/h14H,6-13H2,1-5H3. The van der Waals surface area contributed by atoms with E-state index in [1.54, 1.807) is 14.2 Å². The zero-order valence-corrected chi connectivity index (χ0v) is 12.6. The highest BCUT2D eigenvalue weighted by molar-refractivity contribution is 4.73. The molecule has 104 valence electrons. The monoisotopic (exact) mass is 244 g/mol. The van der Waals surface area contributed by atoms with Crippen LogP contribution in [0.25, 0.3) is 0 Å². The van der Waals surface area contributed by atoms with E-state index in [9.17, 15) is 0 Å². The largest absolute Gasteiger partial charge is 0.384 e. The Labute approximate surface area is 108 Å². The van der Waals surface area contributed by atoms with Gasteiger partial charge in [-0.3, -0.25) is 0 Å². The van der Waals surface area contributed by atoms with Gasteiger partial charge in [-0.2, -0.15) is 0 Å². The summed E-state index contributed by atoms with van der Waals surface area (Å²) in [5.41, 5.74) is 0.196. The average Bonchev–Trinajstić information content (AvgIpc) is 2.23. The summed E-state index contributed by atoms with van der Waals surface area (Å²) in [7, 11) is 3.55. The fourth-order valence-electron chi connectivity index (χ4n) is 2.34. The van der Waals surface area contributed by atoms with E-state index in [1.807, 2.05) is 0 Å². The first kappa shape index (κ1) is 16.9. The molecule has 0 fully saturated rings. The third kappa shape index (κ3) is 9.61. The minimum atomic E-state index is 0.196. The van der Waals surface area contributed by atoms with Crippen molar-refractivity contribution in [3.63, 3.8) is 0 Å². The summed E-state index contributed by atoms with van der Waals surface area (Å²) >= 11 is 0. The fourth-order valence-corrected chi connectivity index (χ4v) is 2.34. The molecule has 0 amide bonds. The van der Waals surface area contributed by atoms with Crippen molar-refractivity contribution in [3.8, 4) is 0 Å². The van der Waals surface area contributed by atoms with Crippen molar-refractivity contribution in [2.45, 2.75) is 59.3 Å². The van der Waals surface area contributed by atoms with E-state index in [1.165, 1.54) is 38.5 Å². The minimum absolute atomic E-state index is 0.196. The van der Waals surface area contributed by atoms with Gasteiger partial charge in [0, 0.05) is 19.6 Å². The smallest absolute Gasteiger partial charge is 0.0538 e. The van der Waals surface area contributed by atoms with Crippen LogP contribution in [0.4, 0.5) is 0 Å². The number of ether oxygens (including phenoxy) is 2. The van der Waals surface area contributed by atoms with E-state index in [2.05, 4.69) is 20.8 Å². The van der Waals surface area contributed by atoms with E-state index >= 15 is 0 Å². The molecule has 0 aliphatic heterocycles. The molecule has 0 bridgehead atoms. The Bertz CT molecular complexity index is 160. The first-order valence-corrected chi connectivity index (χ1v) is 7.02. The van der Waals surface area contributed by atoms with Gasteiger partial charge in [-0.15, -0.1) is 0 Å². The van der Waals surface area contributed by atoms with Crippen LogP contribution >= 0.6 is 0 Å². The van der Waals surface area contributed by atoms with Crippen molar-refractivity contribution in [1.82, 2.24) is 0 Å². The van der Waals surface area contributed by atoms with E-state index in [0.717, 1.165) is 19.1 Å². The molecule has 0 unspecified atom stereocenters. The molecule has 0 saturated heterocycles. The van der Waals surface area contributed by atoms with Crippen molar-refractivity contribution in [2.75, 3.05) is 27.4 Å². The van der Waals surface area contributed by atoms with Gasteiger partial charge in [0.1, 0.15) is 0 Å². The van der Waals surface area contributed by atoms with E-state index in [4.69, 9.17) is 9.47 Å². The minimum Gasteiger partial charge on any atom is -0.384 e. The van der Waals surface area contributed by atoms with Crippen LogP contribution in [0, 0.1) is 11.3 Å². The summed E-state index contributed by atoms with van der Waals surface area (Å²) in [6.07, 6.45) is 7.96. The lowest BCUT2D eigenvalue weighted by Gasteiger charge is -2.27. The Balaban J connectivity index is 3.61. The lowest BCUT2D eigenvalue weighted by atomic mass is 9.86. The molecule has 0 radical (unpaired) electrons. The van der Waals surface area contributed by atoms with Gasteiger partial charge < -0.3 is 9.47 Å². The summed E-state index contributed by atoms with van der Waals surface area (Å²) < 4.78 is 10.6. The van der Waals surface area contributed by atoms with Gasteiger partial charge in [-0.1, -0.05) is 52.9 Å². The third-order valence-corrected chi connectivity index (χ3v) is 3.30. The number of unbranched alkanes of at least 4 members (excludes halogenated alkanes) is 3. The Morgan fingerprint density at radius 1 is 0.882 bits per heavy atom. The van der Waals surface area contributed by atoms with Crippen LogP contribution in [0.15, 0.2) is 0 Å². The van der Waals surface area contributed by atoms with Gasteiger partial charge >= 0.3 is 0 Å². The molecule has 0 rings (SSSR count). The molecule has 0 aliphatic rings. The number of hydrogen-bond donors (Lipinski definition) is 0. The molecule has 0 aliphatic carbocycles. The number of methoxy groups -OCH3 is 2. The van der Waals surface area contributed by atoms with Gasteiger partial charge in [-0.25, -0.2) is 0 Å². The number of rotatable bonds is 11. The lowest BCUT2D eigenvalue weighted by Crippen LogP contribution is -2.28. The summed E-state index contributed by atoms with van der Waals surface area (Å²) in [5.74, 6) is 0.849. The molecular weight excluding hydrogens is 212 g/mol. The first-order chi connectivity index (χ1) is 8.04. The van der Waals surface area contributed by atoms with Crippen LogP contribution in [0.2, 0.25) is 0 Å². The molecular formula is C15H32O2. The average molecular weight is 244 g/mol. The van der Waals surface area contributed by atoms with Gasteiger partial charge in [-0.05, 0) is 12.3 Å². The van der Waals surface area contributed by atoms with Crippen LogP contribution in [0.3, 0.4) is 0 Å². The fraction of sp³-hybridized carbons (Fsp3) is 1.00. The van der Waals surface area contributed by atoms with Crippen molar-refractivity contribution in [2.24, 2.45) is 11.3 Å². The molecule has 17 heavy (non-hydrogen) atoms. The van der Waals surface area contributed by atoms with Gasteiger partial charge in [0.15, 0.2) is 0 Å². The van der Waals surface area contributed by atoms with E-state index in [-0.39, 0.29) is 5.41 Å². The maximum Gasteiger partial charge on any atom is 0.0538 e. The van der Waals surface area contributed by atoms with Gasteiger partial charge in [0.05, 0.1) is 13.2 Å². The summed E-state index contributed by atoms with van der Waals surface area (Å²) in [4.78, 5) is 0. The molecule has 0 heterocycles. The molecule has 0 spiro atoms. The summed E-state index contributed by atoms with van der Waals surface area (Å²) in [6.45, 7) is 8.45. The topological polar surface area (TPSA) is 18.5 Å². The Kier molecular flexibility index (Phi) is 9.85.